The van der Waals surface area contributed by atoms with E-state index in [1.807, 2.05) is 0 Å². The molecule has 365 valence electrons. The first-order valence-corrected chi connectivity index (χ1v) is 25.9. The number of nitrogens with two attached hydrogens (primary N) is 1. The van der Waals surface area contributed by atoms with Crippen molar-refractivity contribution in [3.63, 3.8) is 0 Å². The summed E-state index contributed by atoms with van der Waals surface area (Å²) < 4.78 is 146. The maximum absolute atomic E-state index is 14.2. The van der Waals surface area contributed by atoms with E-state index in [9.17, 15) is 47.3 Å². The van der Waals surface area contributed by atoms with Crippen molar-refractivity contribution < 1.29 is 153 Å². The quantitative estimate of drug-likeness (QED) is 0.0945. The molecule has 34 heteroatoms. The van der Waals surface area contributed by atoms with E-state index < -0.39 is 77.6 Å². The van der Waals surface area contributed by atoms with Gasteiger partial charge in [-0.2, -0.15) is 15.0 Å². The van der Waals surface area contributed by atoms with Crippen LogP contribution in [-0.4, -0.2) is 92.2 Å². The van der Waals surface area contributed by atoms with Crippen LogP contribution in [-0.2, 0) is 57.4 Å². The molecule has 0 spiro atoms. The van der Waals surface area contributed by atoms with E-state index in [0.717, 1.165) is 24.3 Å². The molecule has 2 aliphatic rings. The molecule has 0 amide bonds. The zero-order chi connectivity index (χ0) is 49.9. The molecule has 9 aromatic rings. The molecule has 1 radical (unpaired) electrons. The van der Waals surface area contributed by atoms with E-state index in [4.69, 9.17) is 17.3 Å². The normalized spacial score (nSPS) is 12.1. The topological polar surface area (TPSA) is 400 Å². The van der Waals surface area contributed by atoms with Crippen LogP contribution in [0.4, 0.5) is 23.3 Å². The summed E-state index contributed by atoms with van der Waals surface area (Å²) in [6.07, 6.45) is 0. The molecule has 5 aromatic carbocycles. The molecule has 2 aliphatic heterocycles. The number of hydrogen-bond acceptors (Lipinski definition) is 22. The number of fused-ring (bicyclic) bond motifs is 20. The van der Waals surface area contributed by atoms with Crippen molar-refractivity contribution in [3.05, 3.63) is 102 Å². The first-order valence-electron chi connectivity index (χ1n) is 19.8. The Kier molecular flexibility index (Phi) is 16.5. The van der Waals surface area contributed by atoms with Crippen molar-refractivity contribution in [1.82, 2.24) is 54.8 Å². The van der Waals surface area contributed by atoms with Gasteiger partial charge >= 0.3 is 106 Å². The maximum atomic E-state index is 14.2. The Hall–Kier alpha value is -4.64. The van der Waals surface area contributed by atoms with Crippen LogP contribution in [0.15, 0.2) is 117 Å². The Bertz CT molecular complexity index is 4530. The smallest absolute Gasteiger partial charge is 0.744 e. The summed E-state index contributed by atoms with van der Waals surface area (Å²) in [5, 5.41) is 1.76. The van der Waals surface area contributed by atoms with Crippen LogP contribution in [0.2, 0.25) is 5.28 Å². The molecule has 0 saturated heterocycles. The minimum Gasteiger partial charge on any atom is -0.744 e. The predicted molar refractivity (Wildman–Crippen MR) is 248 cm³/mol. The van der Waals surface area contributed by atoms with Gasteiger partial charge in [0.2, 0.25) is 17.2 Å². The van der Waals surface area contributed by atoms with Crippen LogP contribution in [0.5, 0.6) is 0 Å². The number of halogens is 1. The Labute approximate surface area is 504 Å². The Balaban J connectivity index is 0.00000205. The number of aromatic nitrogens is 11. The molecule has 75 heavy (non-hydrogen) atoms. The molecule has 0 fully saturated rings. The summed E-state index contributed by atoms with van der Waals surface area (Å²) in [4.78, 5) is 44.9. The number of hydrogen-bond donors (Lipinski definition) is 3. The first-order chi connectivity index (χ1) is 33.6. The largest absolute Gasteiger partial charge is 2.00 e. The van der Waals surface area contributed by atoms with Crippen LogP contribution in [0.1, 0.15) is 0 Å². The number of nitrogens with one attached hydrogen (secondary N) is 2. The fraction of sp³-hybridized carbons (Fsp3) is 0. The SMILES string of the molecule is Nc1nc(Cl)nc(Nc2cccc(NS(=O)(=O)c3ccc4c(c3)-c3nc-4nc4[n-]c(nc5nc(nc6[n-]c(n3)c3c(S(=O)(=O)[O-])cccc63)-c3c-5cccc3S(=O)(=O)[O-])c3cccc(S(=O)(=O)[O-])c43)c2)n1.[Cu+2].[Na+].[Na+].[Na+]. The van der Waals surface area contributed by atoms with E-state index in [1.165, 1.54) is 66.7 Å². The van der Waals surface area contributed by atoms with Gasteiger partial charge in [-0.15, -0.1) is 0 Å². The summed E-state index contributed by atoms with van der Waals surface area (Å²) in [7, 11) is -20.4. The monoisotopic (exact) mass is 1180 g/mol. The fourth-order valence-corrected chi connectivity index (χ4v) is 11.2. The minimum atomic E-state index is -5.32. The van der Waals surface area contributed by atoms with E-state index >= 15 is 0 Å². The molecule has 0 aliphatic carbocycles. The third kappa shape index (κ3) is 11.0. The Morgan fingerprint density at radius 2 is 0.987 bits per heavy atom. The van der Waals surface area contributed by atoms with Gasteiger partial charge in [-0.05, 0) is 70.9 Å². The molecule has 4 N–H and O–H groups in total. The molecule has 4 aromatic heterocycles. The van der Waals surface area contributed by atoms with Crippen LogP contribution in [0.25, 0.3) is 89.7 Å². The molecule has 8 bridgehead atoms. The zero-order valence-corrected chi connectivity index (χ0v) is 49.0. The second kappa shape index (κ2) is 21.3. The van der Waals surface area contributed by atoms with Crippen LogP contribution >= 0.6 is 11.6 Å². The summed E-state index contributed by atoms with van der Waals surface area (Å²) in [5.41, 5.74) is 3.96. The van der Waals surface area contributed by atoms with Crippen molar-refractivity contribution in [1.29, 1.82) is 0 Å². The summed E-state index contributed by atoms with van der Waals surface area (Å²) in [6, 6.07) is 20.3. The number of sulfonamides is 1. The van der Waals surface area contributed by atoms with Crippen LogP contribution in [0.3, 0.4) is 0 Å². The van der Waals surface area contributed by atoms with Crippen molar-refractivity contribution in [2.45, 2.75) is 19.6 Å². The molecule has 0 atom stereocenters. The van der Waals surface area contributed by atoms with Gasteiger partial charge in [0, 0.05) is 61.3 Å². The minimum absolute atomic E-state index is 0. The molecular weight excluding hydrogens is 1160 g/mol. The van der Waals surface area contributed by atoms with E-state index in [1.54, 1.807) is 6.07 Å². The third-order valence-corrected chi connectivity index (χ3v) is 14.9. The molecular formula is C41H20ClCuN14Na3O11S4. The van der Waals surface area contributed by atoms with Crippen LogP contribution < -0.4 is 114 Å². The molecule has 0 unspecified atom stereocenters. The summed E-state index contributed by atoms with van der Waals surface area (Å²) >= 11 is 5.90. The van der Waals surface area contributed by atoms with Gasteiger partial charge in [-0.1, -0.05) is 48.5 Å². The second-order valence-corrected chi connectivity index (χ2v) is 21.3. The Morgan fingerprint density at radius 1 is 0.493 bits per heavy atom. The van der Waals surface area contributed by atoms with Crippen LogP contribution in [0, 0.1) is 0 Å². The standard InChI is InChI=1S/C41H23ClN14O11S4.Cu.3Na/c42-39-53-40(43)55-41(54-39)44-17-5-1-6-18(15-17)56-68(57,58)19-13-14-20-24(16-19)35-45-31(20)47-36-28-21(7-2-10-25(28)69(59,60)61)32(48-36)46-33-22-8-3-11-26(70(62,63)64)29(22)37(49-33)50-34-23-9-4-12-27(71(65,66)67)30(23)38(51-34)52-35;;;;/h1-16,56H,(H6-2,43,44,45,46,47,48,49,50,51,52,53,54,55,59,60,61,62,63,64,65,66,67);;;;/q-2;+2;3*+1/p-3. The van der Waals surface area contributed by atoms with Gasteiger partial charge in [0.05, 0.1) is 48.6 Å². The number of nitrogen functional groups attached to an aromatic ring is 1. The number of rotatable bonds is 8. The van der Waals surface area contributed by atoms with Gasteiger partial charge in [0.15, 0.2) is 0 Å². The Morgan fingerprint density at radius 3 is 1.57 bits per heavy atom. The number of anilines is 4. The number of nitrogens with zero attached hydrogens (tertiary/aromatic N) is 11. The third-order valence-electron chi connectivity index (χ3n) is 10.8. The molecule has 11 rings (SSSR count). The first kappa shape index (κ1) is 58.1. The van der Waals surface area contributed by atoms with E-state index in [0.29, 0.717) is 5.69 Å². The summed E-state index contributed by atoms with van der Waals surface area (Å²) in [5.74, 6) is -1.66. The predicted octanol–water partition coefficient (Wildman–Crippen LogP) is -5.19. The average Bonchev–Trinajstić information content (AvgIpc) is 4.03. The number of benzene rings is 5. The van der Waals surface area contributed by atoms with Crippen molar-refractivity contribution in [3.8, 4) is 45.6 Å². The summed E-state index contributed by atoms with van der Waals surface area (Å²) in [6.45, 7) is 0. The molecule has 6 heterocycles. The van der Waals surface area contributed by atoms with Crippen molar-refractivity contribution in [2.75, 3.05) is 15.8 Å². The van der Waals surface area contributed by atoms with Gasteiger partial charge < -0.3 is 54.6 Å². The second-order valence-electron chi connectivity index (χ2n) is 15.2. The van der Waals surface area contributed by atoms with E-state index in [-0.39, 0.29) is 201 Å². The van der Waals surface area contributed by atoms with Gasteiger partial charge in [-0.3, -0.25) is 4.72 Å². The van der Waals surface area contributed by atoms with Gasteiger partial charge in [-0.25, -0.2) is 43.6 Å². The average molecular weight is 1180 g/mol. The van der Waals surface area contributed by atoms with Gasteiger partial charge in [0.1, 0.15) is 30.4 Å². The molecule has 25 nitrogen and oxygen atoms in total. The van der Waals surface area contributed by atoms with Crippen molar-refractivity contribution >= 4 is 119 Å². The maximum Gasteiger partial charge on any atom is 2.00 e. The van der Waals surface area contributed by atoms with Gasteiger partial charge in [0.25, 0.3) is 10.0 Å². The van der Waals surface area contributed by atoms with Crippen molar-refractivity contribution in [2.24, 2.45) is 0 Å². The zero-order valence-electron chi connectivity index (χ0n) is 38.0. The van der Waals surface area contributed by atoms with E-state index in [2.05, 4.69) is 64.9 Å². The molecule has 0 saturated carbocycles. The fourth-order valence-electron chi connectivity index (χ4n) is 7.90.